The smallest absolute Gasteiger partial charge is 0.170 e. The lowest BCUT2D eigenvalue weighted by molar-refractivity contribution is 0.558. The fourth-order valence-electron chi connectivity index (χ4n) is 2.39. The van der Waals surface area contributed by atoms with Crippen LogP contribution in [0.2, 0.25) is 0 Å². The van der Waals surface area contributed by atoms with Crippen LogP contribution in [0.1, 0.15) is 28.9 Å². The van der Waals surface area contributed by atoms with Gasteiger partial charge in [0.25, 0.3) is 0 Å². The van der Waals surface area contributed by atoms with Crippen molar-refractivity contribution in [1.29, 1.82) is 0 Å². The van der Waals surface area contributed by atoms with Crippen LogP contribution in [0.5, 0.6) is 0 Å². The molecule has 0 unspecified atom stereocenters. The zero-order chi connectivity index (χ0) is 16.1. The standard InChI is InChI=1S/C17H24N4S/c1-12-7-5-8-16(15(12)4)19-17(22)18-9-6-10-21-14(3)11-13(2)20-21/h5,7-8,11H,6,9-10H2,1-4H3,(H2,18,19,22). The molecular weight excluding hydrogens is 292 g/mol. The summed E-state index contributed by atoms with van der Waals surface area (Å²) in [5, 5.41) is 11.6. The normalized spacial score (nSPS) is 10.5. The molecular formula is C17H24N4S. The van der Waals surface area contributed by atoms with E-state index in [1.54, 1.807) is 0 Å². The summed E-state index contributed by atoms with van der Waals surface area (Å²) in [6.07, 6.45) is 0.983. The lowest BCUT2D eigenvalue weighted by atomic mass is 10.1. The number of hydrogen-bond donors (Lipinski definition) is 2. The molecule has 0 bridgehead atoms. The fourth-order valence-corrected chi connectivity index (χ4v) is 2.60. The second-order valence-corrected chi connectivity index (χ2v) is 6.04. The van der Waals surface area contributed by atoms with Crippen LogP contribution in [-0.4, -0.2) is 21.4 Å². The molecule has 1 aromatic carbocycles. The molecule has 2 aromatic rings. The van der Waals surface area contributed by atoms with Crippen molar-refractivity contribution < 1.29 is 0 Å². The van der Waals surface area contributed by atoms with Crippen LogP contribution in [0.4, 0.5) is 5.69 Å². The predicted octanol–water partition coefficient (Wildman–Crippen LogP) is 3.49. The quantitative estimate of drug-likeness (QED) is 0.654. The van der Waals surface area contributed by atoms with Crippen LogP contribution >= 0.6 is 12.2 Å². The highest BCUT2D eigenvalue weighted by atomic mass is 32.1. The van der Waals surface area contributed by atoms with Crippen molar-refractivity contribution >= 4 is 23.0 Å². The maximum atomic E-state index is 5.35. The van der Waals surface area contributed by atoms with Crippen LogP contribution in [0.3, 0.4) is 0 Å². The van der Waals surface area contributed by atoms with E-state index in [0.717, 1.165) is 30.9 Å². The molecule has 0 saturated heterocycles. The van der Waals surface area contributed by atoms with Crippen molar-refractivity contribution in [2.45, 2.75) is 40.7 Å². The van der Waals surface area contributed by atoms with Gasteiger partial charge in [-0.3, -0.25) is 4.68 Å². The molecule has 0 saturated carbocycles. The Morgan fingerprint density at radius 3 is 2.68 bits per heavy atom. The Morgan fingerprint density at radius 1 is 1.23 bits per heavy atom. The van der Waals surface area contributed by atoms with Crippen LogP contribution in [-0.2, 0) is 6.54 Å². The van der Waals surface area contributed by atoms with Gasteiger partial charge in [0.1, 0.15) is 0 Å². The van der Waals surface area contributed by atoms with Crippen LogP contribution in [0.15, 0.2) is 24.3 Å². The average molecular weight is 316 g/mol. The molecule has 4 nitrogen and oxygen atoms in total. The molecule has 0 atom stereocenters. The van der Waals surface area contributed by atoms with E-state index >= 15 is 0 Å². The summed E-state index contributed by atoms with van der Waals surface area (Å²) >= 11 is 5.35. The summed E-state index contributed by atoms with van der Waals surface area (Å²) < 4.78 is 2.04. The van der Waals surface area contributed by atoms with Crippen molar-refractivity contribution in [3.63, 3.8) is 0 Å². The third-order valence-electron chi connectivity index (χ3n) is 3.79. The third-order valence-corrected chi connectivity index (χ3v) is 4.03. The Labute approximate surface area is 137 Å². The Hall–Kier alpha value is -1.88. The molecule has 1 heterocycles. The molecule has 5 heteroatoms. The molecule has 1 aromatic heterocycles. The van der Waals surface area contributed by atoms with Crippen LogP contribution < -0.4 is 10.6 Å². The highest BCUT2D eigenvalue weighted by Crippen LogP contribution is 2.17. The molecule has 0 aliphatic rings. The van der Waals surface area contributed by atoms with E-state index in [1.807, 2.05) is 23.7 Å². The molecule has 2 N–H and O–H groups in total. The summed E-state index contributed by atoms with van der Waals surface area (Å²) in [5.74, 6) is 0. The first-order chi connectivity index (χ1) is 10.5. The monoisotopic (exact) mass is 316 g/mol. The van der Waals surface area contributed by atoms with Crippen molar-refractivity contribution in [3.05, 3.63) is 46.8 Å². The van der Waals surface area contributed by atoms with E-state index in [9.17, 15) is 0 Å². The molecule has 2 rings (SSSR count). The molecule has 0 amide bonds. The van der Waals surface area contributed by atoms with Gasteiger partial charge < -0.3 is 10.6 Å². The van der Waals surface area contributed by atoms with Crippen molar-refractivity contribution in [2.24, 2.45) is 0 Å². The number of anilines is 1. The molecule has 22 heavy (non-hydrogen) atoms. The molecule has 0 aliphatic carbocycles. The average Bonchev–Trinajstić information content (AvgIpc) is 2.78. The van der Waals surface area contributed by atoms with E-state index in [1.165, 1.54) is 16.8 Å². The van der Waals surface area contributed by atoms with Crippen molar-refractivity contribution in [2.75, 3.05) is 11.9 Å². The minimum atomic E-state index is 0.669. The summed E-state index contributed by atoms with van der Waals surface area (Å²) in [6, 6.07) is 8.29. The number of nitrogens with zero attached hydrogens (tertiary/aromatic N) is 2. The molecule has 118 valence electrons. The third kappa shape index (κ3) is 4.31. The fraction of sp³-hybridized carbons (Fsp3) is 0.412. The number of aromatic nitrogens is 2. The van der Waals surface area contributed by atoms with Gasteiger partial charge >= 0.3 is 0 Å². The topological polar surface area (TPSA) is 41.9 Å². The van der Waals surface area contributed by atoms with Crippen molar-refractivity contribution in [3.8, 4) is 0 Å². The predicted molar refractivity (Wildman–Crippen MR) is 96.5 cm³/mol. The summed E-state index contributed by atoms with van der Waals surface area (Å²) in [4.78, 5) is 0. The second-order valence-electron chi connectivity index (χ2n) is 5.63. The van der Waals surface area contributed by atoms with E-state index in [2.05, 4.69) is 48.6 Å². The summed E-state index contributed by atoms with van der Waals surface area (Å²) in [6.45, 7) is 10.0. The van der Waals surface area contributed by atoms with E-state index in [0.29, 0.717) is 5.11 Å². The number of nitrogens with one attached hydrogen (secondary N) is 2. The number of rotatable bonds is 5. The van der Waals surface area contributed by atoms with Crippen LogP contribution in [0.25, 0.3) is 0 Å². The number of hydrogen-bond acceptors (Lipinski definition) is 2. The zero-order valence-electron chi connectivity index (χ0n) is 13.7. The Kier molecular flexibility index (Phi) is 5.55. The van der Waals surface area contributed by atoms with Gasteiger partial charge in [0, 0.05) is 24.5 Å². The lowest BCUT2D eigenvalue weighted by Crippen LogP contribution is -2.30. The van der Waals surface area contributed by atoms with Gasteiger partial charge in [-0.1, -0.05) is 12.1 Å². The largest absolute Gasteiger partial charge is 0.362 e. The van der Waals surface area contributed by atoms with Gasteiger partial charge in [0.2, 0.25) is 0 Å². The Balaban J connectivity index is 1.76. The minimum absolute atomic E-state index is 0.669. The number of benzene rings is 1. The van der Waals surface area contributed by atoms with Crippen LogP contribution in [0, 0.1) is 27.7 Å². The number of thiocarbonyl (C=S) groups is 1. The van der Waals surface area contributed by atoms with Gasteiger partial charge in [-0.25, -0.2) is 0 Å². The van der Waals surface area contributed by atoms with Gasteiger partial charge in [0.15, 0.2) is 5.11 Å². The Bertz CT molecular complexity index is 661. The van der Waals surface area contributed by atoms with E-state index in [4.69, 9.17) is 12.2 Å². The Morgan fingerprint density at radius 2 is 2.00 bits per heavy atom. The summed E-state index contributed by atoms with van der Waals surface area (Å²) in [5.41, 5.74) is 5.83. The lowest BCUT2D eigenvalue weighted by Gasteiger charge is -2.14. The van der Waals surface area contributed by atoms with Gasteiger partial charge in [0.05, 0.1) is 5.69 Å². The zero-order valence-corrected chi connectivity index (χ0v) is 14.5. The van der Waals surface area contributed by atoms with E-state index in [-0.39, 0.29) is 0 Å². The first-order valence-corrected chi connectivity index (χ1v) is 8.00. The maximum absolute atomic E-state index is 5.35. The van der Waals surface area contributed by atoms with Gasteiger partial charge in [-0.05, 0) is 69.6 Å². The highest BCUT2D eigenvalue weighted by molar-refractivity contribution is 7.80. The van der Waals surface area contributed by atoms with E-state index < -0.39 is 0 Å². The first kappa shape index (κ1) is 16.5. The number of aryl methyl sites for hydroxylation is 4. The van der Waals surface area contributed by atoms with Crippen molar-refractivity contribution in [1.82, 2.24) is 15.1 Å². The summed E-state index contributed by atoms with van der Waals surface area (Å²) in [7, 11) is 0. The second kappa shape index (κ2) is 7.40. The molecule has 0 spiro atoms. The molecule has 0 radical (unpaired) electrons. The molecule has 0 fully saturated rings. The molecule has 0 aliphatic heterocycles. The first-order valence-electron chi connectivity index (χ1n) is 7.59. The highest BCUT2D eigenvalue weighted by Gasteiger charge is 2.03. The van der Waals surface area contributed by atoms with Gasteiger partial charge in [-0.2, -0.15) is 5.10 Å². The van der Waals surface area contributed by atoms with Gasteiger partial charge in [-0.15, -0.1) is 0 Å². The maximum Gasteiger partial charge on any atom is 0.170 e. The SMILES string of the molecule is Cc1cc(C)n(CCCNC(=S)Nc2cccc(C)c2C)n1. The minimum Gasteiger partial charge on any atom is -0.362 e.